The molecule has 0 aliphatic rings. The summed E-state index contributed by atoms with van der Waals surface area (Å²) in [6, 6.07) is 11.9. The number of carbonyl (C=O) groups is 1. The Bertz CT molecular complexity index is 904. The van der Waals surface area contributed by atoms with E-state index < -0.39 is 11.5 Å². The van der Waals surface area contributed by atoms with Crippen LogP contribution in [0.15, 0.2) is 42.5 Å². The third kappa shape index (κ3) is 6.88. The molecule has 1 atom stereocenters. The highest BCUT2D eigenvalue weighted by Gasteiger charge is 2.31. The normalized spacial score (nSPS) is 11.5. The molecule has 28 heavy (non-hydrogen) atoms. The number of carbonyl (C=O) groups excluding carboxylic acids is 1. The fraction of sp³-hybridized carbons (Fsp3) is 0.273. The zero-order valence-electron chi connectivity index (χ0n) is 16.3. The molecular formula is C22H23IN2O3. The van der Waals surface area contributed by atoms with Crippen LogP contribution >= 0.6 is 22.6 Å². The standard InChI is InChI=1S/C21H20N2O3.CH3I/c1-5-6-16-13-18(8-7-15(16)2)23-20(24)21(3,25)14-26-19-11-9-17(22-4)10-12-19;1-2/h7-13,25H,14H2,1-3H3,(H,23,24);1H3/t21-;/m0./s1/i;2-4. The van der Waals surface area contributed by atoms with Crippen LogP contribution in [0.3, 0.4) is 0 Å². The van der Waals surface area contributed by atoms with Crippen LogP contribution in [-0.2, 0) is 4.79 Å². The van der Waals surface area contributed by atoms with E-state index in [2.05, 4.69) is 44.6 Å². The van der Waals surface area contributed by atoms with Crippen molar-refractivity contribution >= 4 is 39.9 Å². The third-order valence-electron chi connectivity index (χ3n) is 3.73. The lowest BCUT2D eigenvalue weighted by Gasteiger charge is -2.22. The van der Waals surface area contributed by atoms with Gasteiger partial charge >= 0.3 is 0 Å². The molecule has 1 amide bonds. The summed E-state index contributed by atoms with van der Waals surface area (Å²) >= 11 is 2.15. The molecule has 2 aromatic rings. The number of nitrogens with one attached hydrogen (secondary N) is 1. The molecule has 0 heterocycles. The smallest absolute Gasteiger partial charge is 0.259 e. The van der Waals surface area contributed by atoms with E-state index in [9.17, 15) is 9.90 Å². The Morgan fingerprint density at radius 3 is 2.50 bits per heavy atom. The monoisotopic (exact) mass is 486 g/mol. The van der Waals surface area contributed by atoms with Crippen LogP contribution in [0.4, 0.5) is 11.4 Å². The van der Waals surface area contributed by atoms with Gasteiger partial charge in [-0.3, -0.25) is 4.79 Å². The number of aryl methyl sites for hydroxylation is 1. The van der Waals surface area contributed by atoms with Crippen LogP contribution in [0.5, 0.6) is 5.75 Å². The number of rotatable bonds is 5. The van der Waals surface area contributed by atoms with E-state index in [1.54, 1.807) is 43.3 Å². The number of aliphatic hydroxyl groups is 1. The summed E-state index contributed by atoms with van der Waals surface area (Å²) < 4.78 is 5.47. The van der Waals surface area contributed by atoms with Crippen molar-refractivity contribution in [1.82, 2.24) is 0 Å². The molecule has 0 saturated carbocycles. The maximum atomic E-state index is 12.4. The summed E-state index contributed by atoms with van der Waals surface area (Å²) in [6.45, 7) is 11.8. The number of hydrogen-bond acceptors (Lipinski definition) is 3. The third-order valence-corrected chi connectivity index (χ3v) is 3.73. The molecule has 0 unspecified atom stereocenters. The molecule has 0 aromatic heterocycles. The summed E-state index contributed by atoms with van der Waals surface area (Å²) in [7, 11) is 0. The fourth-order valence-electron chi connectivity index (χ4n) is 2.14. The van der Waals surface area contributed by atoms with Gasteiger partial charge < -0.3 is 15.2 Å². The van der Waals surface area contributed by atoms with Gasteiger partial charge in [-0.1, -0.05) is 46.7 Å². The minimum absolute atomic E-state index is 0.219. The summed E-state index contributed by atoms with van der Waals surface area (Å²) in [5.74, 6) is 5.71. The zero-order chi connectivity index (χ0) is 21.2. The van der Waals surface area contributed by atoms with E-state index in [4.69, 9.17) is 11.3 Å². The molecule has 2 rings (SSSR count). The number of anilines is 1. The molecule has 0 bridgehead atoms. The van der Waals surface area contributed by atoms with E-state index in [1.807, 2.05) is 17.9 Å². The van der Waals surface area contributed by atoms with Crippen molar-refractivity contribution < 1.29 is 14.6 Å². The van der Waals surface area contributed by atoms with Crippen LogP contribution < -0.4 is 10.1 Å². The van der Waals surface area contributed by atoms with Gasteiger partial charge in [0.1, 0.15) is 12.4 Å². The maximum absolute atomic E-state index is 12.4. The SMILES string of the molecule is C[123I].[C-]#[N+]c1ccc(OC[C@](C)(O)C(=O)Nc2ccc(C)c(C#CC)c2)cc1. The van der Waals surface area contributed by atoms with Gasteiger partial charge in [-0.05, 0) is 55.5 Å². The minimum Gasteiger partial charge on any atom is -0.490 e. The predicted octanol–water partition coefficient (Wildman–Crippen LogP) is 4.74. The van der Waals surface area contributed by atoms with Gasteiger partial charge in [-0.15, -0.1) is 5.92 Å². The number of hydrogen-bond donors (Lipinski definition) is 2. The molecule has 146 valence electrons. The summed E-state index contributed by atoms with van der Waals surface area (Å²) in [6.07, 6.45) is 0. The van der Waals surface area contributed by atoms with Crippen molar-refractivity contribution in [3.63, 3.8) is 0 Å². The fourth-order valence-corrected chi connectivity index (χ4v) is 2.14. The topological polar surface area (TPSA) is 62.9 Å². The van der Waals surface area contributed by atoms with Crippen molar-refractivity contribution in [1.29, 1.82) is 0 Å². The van der Waals surface area contributed by atoms with Gasteiger partial charge in [0.25, 0.3) is 5.91 Å². The lowest BCUT2D eigenvalue weighted by Crippen LogP contribution is -2.45. The number of amides is 1. The van der Waals surface area contributed by atoms with Crippen molar-refractivity contribution in [3.8, 4) is 17.6 Å². The lowest BCUT2D eigenvalue weighted by atomic mass is 10.1. The predicted molar refractivity (Wildman–Crippen MR) is 121 cm³/mol. The molecule has 2 aromatic carbocycles. The highest BCUT2D eigenvalue weighted by atomic mass is 123. The second-order valence-corrected chi connectivity index (χ2v) is 6.03. The largest absolute Gasteiger partial charge is 0.490 e. The molecule has 0 fully saturated rings. The molecule has 0 aliphatic heterocycles. The van der Waals surface area contributed by atoms with Crippen molar-refractivity contribution in [2.75, 3.05) is 16.9 Å². The number of ether oxygens (including phenoxy) is 1. The number of halogens is 1. The number of benzene rings is 2. The Labute approximate surface area is 180 Å². The Balaban J connectivity index is 0.00000190. The number of nitrogens with zero attached hydrogens (tertiary/aromatic N) is 1. The quantitative estimate of drug-likeness (QED) is 0.278. The second-order valence-electron chi connectivity index (χ2n) is 6.03. The maximum Gasteiger partial charge on any atom is 0.259 e. The van der Waals surface area contributed by atoms with E-state index in [1.165, 1.54) is 6.92 Å². The first kappa shape index (κ1) is 23.5. The molecule has 2 N–H and O–H groups in total. The van der Waals surface area contributed by atoms with Gasteiger partial charge in [0.2, 0.25) is 0 Å². The lowest BCUT2D eigenvalue weighted by molar-refractivity contribution is -0.135. The molecule has 0 radical (unpaired) electrons. The Hall–Kier alpha value is -2.55. The summed E-state index contributed by atoms with van der Waals surface area (Å²) in [5, 5.41) is 13.1. The highest BCUT2D eigenvalue weighted by molar-refractivity contribution is 14.1. The van der Waals surface area contributed by atoms with E-state index in [-0.39, 0.29) is 6.61 Å². The summed E-state index contributed by atoms with van der Waals surface area (Å²) in [5.41, 5.74) is 1.16. The van der Waals surface area contributed by atoms with Crippen molar-refractivity contribution in [3.05, 3.63) is 65.0 Å². The average molecular weight is 486 g/mol. The first-order valence-electron chi connectivity index (χ1n) is 8.41. The minimum atomic E-state index is -1.72. The molecule has 6 heteroatoms. The van der Waals surface area contributed by atoms with Crippen LogP contribution in [-0.4, -0.2) is 28.2 Å². The van der Waals surface area contributed by atoms with Crippen molar-refractivity contribution in [2.24, 2.45) is 0 Å². The first-order chi connectivity index (χ1) is 13.4. The van der Waals surface area contributed by atoms with Gasteiger partial charge in [0.05, 0.1) is 6.57 Å². The van der Waals surface area contributed by atoms with Gasteiger partial charge in [-0.25, -0.2) is 4.85 Å². The Kier molecular flexibility index (Phi) is 9.50. The van der Waals surface area contributed by atoms with Crippen LogP contribution in [0.1, 0.15) is 25.0 Å². The molecular weight excluding hydrogens is 463 g/mol. The van der Waals surface area contributed by atoms with Crippen LogP contribution in [0.2, 0.25) is 0 Å². The van der Waals surface area contributed by atoms with Crippen molar-refractivity contribution in [2.45, 2.75) is 26.4 Å². The number of alkyl halides is 1. The Morgan fingerprint density at radius 2 is 1.93 bits per heavy atom. The molecule has 0 aliphatic carbocycles. The highest BCUT2D eigenvalue weighted by Crippen LogP contribution is 2.20. The molecule has 5 nitrogen and oxygen atoms in total. The molecule has 0 spiro atoms. The van der Waals surface area contributed by atoms with Gasteiger partial charge in [0.15, 0.2) is 11.3 Å². The van der Waals surface area contributed by atoms with Crippen LogP contribution in [0, 0.1) is 25.3 Å². The van der Waals surface area contributed by atoms with E-state index in [0.717, 1.165) is 11.1 Å². The van der Waals surface area contributed by atoms with Gasteiger partial charge in [0, 0.05) is 11.3 Å². The van der Waals surface area contributed by atoms with E-state index in [0.29, 0.717) is 17.1 Å². The average Bonchev–Trinajstić information content (AvgIpc) is 2.71. The second kappa shape index (κ2) is 11.3. The Morgan fingerprint density at radius 1 is 1.29 bits per heavy atom. The van der Waals surface area contributed by atoms with E-state index >= 15 is 0 Å². The van der Waals surface area contributed by atoms with Gasteiger partial charge in [-0.2, -0.15) is 0 Å². The zero-order valence-corrected chi connectivity index (χ0v) is 18.5. The molecule has 0 saturated heterocycles. The summed E-state index contributed by atoms with van der Waals surface area (Å²) in [4.78, 5) is 17.7. The first-order valence-corrected chi connectivity index (χ1v) is 10.6. The van der Waals surface area contributed by atoms with Crippen LogP contribution in [0.25, 0.3) is 4.85 Å².